The van der Waals surface area contributed by atoms with Crippen LogP contribution in [0.15, 0.2) is 0 Å². The molecule has 2 nitrogen and oxygen atoms in total. The predicted molar refractivity (Wildman–Crippen MR) is 66.8 cm³/mol. The number of aryl methyl sites for hydroxylation is 3. The first kappa shape index (κ1) is 18.9. The van der Waals surface area contributed by atoms with Gasteiger partial charge in [-0.05, 0) is 20.8 Å². The molecule has 1 rings (SSSR count). The lowest BCUT2D eigenvalue weighted by Crippen LogP contribution is -1.71. The van der Waals surface area contributed by atoms with Crippen molar-refractivity contribution in [1.82, 2.24) is 9.97 Å². The highest BCUT2D eigenvalue weighted by Gasteiger charge is 1.93. The van der Waals surface area contributed by atoms with Gasteiger partial charge in [-0.15, -0.1) is 0 Å². The largest absolute Gasteiger partial charge is 0.346 e. The summed E-state index contributed by atoms with van der Waals surface area (Å²) >= 11 is 0. The number of imidazole rings is 1. The Bertz CT molecular complexity index is 171. The Labute approximate surface area is 90.2 Å². The highest BCUT2D eigenvalue weighted by atomic mass is 14.9. The van der Waals surface area contributed by atoms with Crippen LogP contribution in [0.25, 0.3) is 0 Å². The lowest BCUT2D eigenvalue weighted by molar-refractivity contribution is 1.12. The molecule has 86 valence electrons. The highest BCUT2D eigenvalue weighted by molar-refractivity contribution is 5.09. The fraction of sp³-hybridized carbons (Fsp3) is 0.750. The summed E-state index contributed by atoms with van der Waals surface area (Å²) in [5, 5.41) is 0. The molecule has 0 atom stereocenters. The van der Waals surface area contributed by atoms with Crippen molar-refractivity contribution in [3.8, 4) is 0 Å². The van der Waals surface area contributed by atoms with Gasteiger partial charge in [0.2, 0.25) is 0 Å². The topological polar surface area (TPSA) is 28.7 Å². The molecule has 1 aromatic heterocycles. The summed E-state index contributed by atoms with van der Waals surface area (Å²) in [6, 6.07) is 0. The molecule has 0 aliphatic rings. The maximum atomic E-state index is 4.16. The van der Waals surface area contributed by atoms with E-state index in [9.17, 15) is 0 Å². The lowest BCUT2D eigenvalue weighted by atomic mass is 10.4. The monoisotopic (exact) mass is 200 g/mol. The van der Waals surface area contributed by atoms with Gasteiger partial charge in [0.05, 0.1) is 5.69 Å². The zero-order valence-electron chi connectivity index (χ0n) is 11.4. The first-order valence-corrected chi connectivity index (χ1v) is 5.70. The molecule has 1 aromatic rings. The third-order valence-corrected chi connectivity index (χ3v) is 1.25. The standard InChI is InChI=1S/C6H10N2.3C2H6/c1-4-5(2)8-6(3)7-4;3*1-2/h1-3H3,(H,7,8);3*1-2H3. The summed E-state index contributed by atoms with van der Waals surface area (Å²) in [7, 11) is 0. The number of aromatic nitrogens is 2. The summed E-state index contributed by atoms with van der Waals surface area (Å²) in [5.74, 6) is 1.00. The van der Waals surface area contributed by atoms with Crippen molar-refractivity contribution in [1.29, 1.82) is 0 Å². The number of aromatic amines is 1. The van der Waals surface area contributed by atoms with Gasteiger partial charge in [-0.25, -0.2) is 4.98 Å². The second-order valence-corrected chi connectivity index (χ2v) is 2.03. The van der Waals surface area contributed by atoms with Gasteiger partial charge < -0.3 is 4.98 Å². The number of nitrogens with one attached hydrogen (secondary N) is 1. The van der Waals surface area contributed by atoms with Gasteiger partial charge in [0.1, 0.15) is 5.82 Å². The summed E-state index contributed by atoms with van der Waals surface area (Å²) in [4.78, 5) is 7.25. The van der Waals surface area contributed by atoms with Crippen LogP contribution in [0.4, 0.5) is 0 Å². The average Bonchev–Trinajstić information content (AvgIpc) is 2.53. The van der Waals surface area contributed by atoms with E-state index in [1.807, 2.05) is 62.3 Å². The minimum absolute atomic E-state index is 1.00. The van der Waals surface area contributed by atoms with E-state index in [0.29, 0.717) is 0 Å². The van der Waals surface area contributed by atoms with Crippen molar-refractivity contribution < 1.29 is 0 Å². The van der Waals surface area contributed by atoms with Crippen LogP contribution >= 0.6 is 0 Å². The van der Waals surface area contributed by atoms with Crippen LogP contribution in [0.3, 0.4) is 0 Å². The third kappa shape index (κ3) is 9.30. The number of nitrogens with zero attached hydrogens (tertiary/aromatic N) is 1. The molecule has 0 amide bonds. The van der Waals surface area contributed by atoms with Gasteiger partial charge in [-0.1, -0.05) is 41.5 Å². The molecule has 0 spiro atoms. The molecule has 0 unspecified atom stereocenters. The Morgan fingerprint density at radius 2 is 1.14 bits per heavy atom. The normalized spacial score (nSPS) is 6.93. The van der Waals surface area contributed by atoms with E-state index in [2.05, 4.69) is 9.97 Å². The van der Waals surface area contributed by atoms with Gasteiger partial charge in [0.15, 0.2) is 0 Å². The van der Waals surface area contributed by atoms with Crippen molar-refractivity contribution in [3.63, 3.8) is 0 Å². The molecule has 0 saturated heterocycles. The molecule has 0 bridgehead atoms. The quantitative estimate of drug-likeness (QED) is 0.660. The first-order chi connectivity index (χ1) is 6.70. The van der Waals surface area contributed by atoms with Crippen molar-refractivity contribution in [2.75, 3.05) is 0 Å². The van der Waals surface area contributed by atoms with Crippen LogP contribution in [0.2, 0.25) is 0 Å². The molecule has 0 saturated carbocycles. The van der Waals surface area contributed by atoms with Gasteiger partial charge in [-0.2, -0.15) is 0 Å². The lowest BCUT2D eigenvalue weighted by Gasteiger charge is -1.79. The second-order valence-electron chi connectivity index (χ2n) is 2.03. The minimum atomic E-state index is 1.00. The van der Waals surface area contributed by atoms with Gasteiger partial charge in [0.25, 0.3) is 0 Å². The molecular formula is C12H28N2. The molecule has 0 aliphatic carbocycles. The van der Waals surface area contributed by atoms with Gasteiger partial charge in [0, 0.05) is 5.69 Å². The molecule has 0 fully saturated rings. The second kappa shape index (κ2) is 14.7. The van der Waals surface area contributed by atoms with E-state index in [-0.39, 0.29) is 0 Å². The van der Waals surface area contributed by atoms with E-state index in [4.69, 9.17) is 0 Å². The van der Waals surface area contributed by atoms with Crippen LogP contribution in [0.5, 0.6) is 0 Å². The van der Waals surface area contributed by atoms with Crippen LogP contribution in [-0.4, -0.2) is 9.97 Å². The van der Waals surface area contributed by atoms with Crippen molar-refractivity contribution >= 4 is 0 Å². The van der Waals surface area contributed by atoms with Gasteiger partial charge >= 0.3 is 0 Å². The molecule has 14 heavy (non-hydrogen) atoms. The maximum Gasteiger partial charge on any atom is 0.103 e. The van der Waals surface area contributed by atoms with Crippen molar-refractivity contribution in [2.45, 2.75) is 62.3 Å². The van der Waals surface area contributed by atoms with Crippen molar-refractivity contribution in [3.05, 3.63) is 17.2 Å². The molecule has 0 aliphatic heterocycles. The Balaban J connectivity index is -0.000000174. The molecule has 1 N–H and O–H groups in total. The van der Waals surface area contributed by atoms with Crippen LogP contribution in [0, 0.1) is 20.8 Å². The van der Waals surface area contributed by atoms with Crippen LogP contribution < -0.4 is 0 Å². The Morgan fingerprint density at radius 1 is 0.786 bits per heavy atom. The number of rotatable bonds is 0. The Hall–Kier alpha value is -0.790. The first-order valence-electron chi connectivity index (χ1n) is 5.70. The molecule has 0 radical (unpaired) electrons. The maximum absolute atomic E-state index is 4.16. The van der Waals surface area contributed by atoms with E-state index >= 15 is 0 Å². The van der Waals surface area contributed by atoms with E-state index in [1.165, 1.54) is 5.69 Å². The van der Waals surface area contributed by atoms with E-state index in [1.54, 1.807) is 0 Å². The zero-order valence-corrected chi connectivity index (χ0v) is 11.4. The summed E-state index contributed by atoms with van der Waals surface area (Å²) in [6.07, 6.45) is 0. The summed E-state index contributed by atoms with van der Waals surface area (Å²) < 4.78 is 0. The van der Waals surface area contributed by atoms with E-state index < -0.39 is 0 Å². The number of hydrogen-bond donors (Lipinski definition) is 1. The van der Waals surface area contributed by atoms with Gasteiger partial charge in [-0.3, -0.25) is 0 Å². The SMILES string of the molecule is CC.CC.CC.Cc1nc(C)c(C)[nH]1. The molecule has 2 heteroatoms. The van der Waals surface area contributed by atoms with E-state index in [0.717, 1.165) is 11.5 Å². The molecule has 0 aromatic carbocycles. The van der Waals surface area contributed by atoms with Crippen molar-refractivity contribution in [2.24, 2.45) is 0 Å². The fourth-order valence-electron chi connectivity index (χ4n) is 0.725. The predicted octanol–water partition coefficient (Wildman–Crippen LogP) is 4.41. The third-order valence-electron chi connectivity index (χ3n) is 1.25. The number of hydrogen-bond acceptors (Lipinski definition) is 1. The fourth-order valence-corrected chi connectivity index (χ4v) is 0.725. The Morgan fingerprint density at radius 3 is 1.21 bits per heavy atom. The molecular weight excluding hydrogens is 172 g/mol. The summed E-state index contributed by atoms with van der Waals surface area (Å²) in [5.41, 5.74) is 2.27. The average molecular weight is 200 g/mol. The van der Waals surface area contributed by atoms with Crippen LogP contribution in [-0.2, 0) is 0 Å². The Kier molecular flexibility index (Phi) is 19.9. The smallest absolute Gasteiger partial charge is 0.103 e. The molecule has 1 heterocycles. The zero-order chi connectivity index (χ0) is 12.1. The highest BCUT2D eigenvalue weighted by Crippen LogP contribution is 1.99. The minimum Gasteiger partial charge on any atom is -0.346 e. The number of H-pyrrole nitrogens is 1. The summed E-state index contributed by atoms with van der Waals surface area (Å²) in [6.45, 7) is 18.0. The van der Waals surface area contributed by atoms with Crippen LogP contribution in [0.1, 0.15) is 58.8 Å².